The van der Waals surface area contributed by atoms with E-state index >= 15 is 0 Å². The normalized spacial score (nSPS) is 19.9. The van der Waals surface area contributed by atoms with E-state index in [2.05, 4.69) is 65.2 Å². The van der Waals surface area contributed by atoms with Gasteiger partial charge in [-0.2, -0.15) is 0 Å². The number of rotatable bonds is 3. The molecule has 25 heavy (non-hydrogen) atoms. The van der Waals surface area contributed by atoms with Gasteiger partial charge < -0.3 is 28.9 Å². The van der Waals surface area contributed by atoms with E-state index in [0.717, 1.165) is 26.1 Å². The van der Waals surface area contributed by atoms with Crippen LogP contribution in [0.1, 0.15) is 31.7 Å². The summed E-state index contributed by atoms with van der Waals surface area (Å²) in [5.41, 5.74) is 5.56. The van der Waals surface area contributed by atoms with E-state index in [4.69, 9.17) is 0 Å². The minimum absolute atomic E-state index is 0. The van der Waals surface area contributed by atoms with Gasteiger partial charge >= 0.3 is 0 Å². The number of hydrogen-bond acceptors (Lipinski definition) is 2. The van der Waals surface area contributed by atoms with Crippen molar-refractivity contribution in [3.8, 4) is 0 Å². The Hall–Kier alpha value is -0.950. The van der Waals surface area contributed by atoms with Gasteiger partial charge in [0.15, 0.2) is 11.0 Å². The predicted molar refractivity (Wildman–Crippen MR) is 103 cm³/mol. The van der Waals surface area contributed by atoms with Gasteiger partial charge in [-0.1, -0.05) is 6.07 Å². The van der Waals surface area contributed by atoms with Crippen LogP contribution in [0.4, 0.5) is 0 Å². The number of thioether (sulfide) groups is 1. The quantitative estimate of drug-likeness (QED) is 0.493. The Labute approximate surface area is 171 Å². The second-order valence-electron chi connectivity index (χ2n) is 6.59. The number of imidazole rings is 1. The molecule has 134 valence electrons. The van der Waals surface area contributed by atoms with E-state index < -0.39 is 0 Å². The van der Waals surface area contributed by atoms with E-state index in [1.165, 1.54) is 45.3 Å². The average molecular weight is 467 g/mol. The molecule has 0 saturated carbocycles. The van der Waals surface area contributed by atoms with Crippen LogP contribution in [0.5, 0.6) is 0 Å². The van der Waals surface area contributed by atoms with Gasteiger partial charge in [-0.25, -0.2) is 9.13 Å². The number of hydrogen-bond donors (Lipinski definition) is 0. The summed E-state index contributed by atoms with van der Waals surface area (Å²) >= 11 is 1.99. The highest BCUT2D eigenvalue weighted by atomic mass is 127. The first-order chi connectivity index (χ1) is 11.7. The molecule has 0 atom stereocenters. The molecular weight excluding hydrogens is 441 g/mol. The third-order valence-electron chi connectivity index (χ3n) is 5.16. The second kappa shape index (κ2) is 7.74. The van der Waals surface area contributed by atoms with Crippen LogP contribution in [0, 0.1) is 6.92 Å². The van der Waals surface area contributed by atoms with Crippen LogP contribution < -0.4 is 28.5 Å². The molecule has 3 nitrogen and oxygen atoms in total. The van der Waals surface area contributed by atoms with Crippen molar-refractivity contribution >= 4 is 28.4 Å². The molecule has 1 aromatic heterocycles. The molecule has 2 aromatic rings. The monoisotopic (exact) mass is 467 g/mol. The molecule has 2 aliphatic heterocycles. The topological polar surface area (TPSA) is 12.1 Å². The van der Waals surface area contributed by atoms with E-state index in [1.54, 1.807) is 0 Å². The Bertz CT molecular complexity index is 850. The molecule has 0 amide bonds. The maximum atomic E-state index is 2.50. The molecule has 0 unspecified atom stereocenters. The first kappa shape index (κ1) is 18.8. The third-order valence-corrected chi connectivity index (χ3v) is 6.24. The minimum atomic E-state index is 0. The van der Waals surface area contributed by atoms with Crippen molar-refractivity contribution in [2.24, 2.45) is 0 Å². The zero-order valence-corrected chi connectivity index (χ0v) is 18.2. The van der Waals surface area contributed by atoms with Crippen LogP contribution in [0.15, 0.2) is 35.4 Å². The predicted octanol–water partition coefficient (Wildman–Crippen LogP) is 0.958. The van der Waals surface area contributed by atoms with Crippen molar-refractivity contribution in [3.05, 3.63) is 46.8 Å². The van der Waals surface area contributed by atoms with Gasteiger partial charge in [-0.05, 0) is 50.6 Å². The number of allylic oxidation sites excluding steroid dienone is 3. The fourth-order valence-corrected chi connectivity index (χ4v) is 5.04. The van der Waals surface area contributed by atoms with Crippen molar-refractivity contribution < 1.29 is 28.5 Å². The van der Waals surface area contributed by atoms with Gasteiger partial charge in [0, 0.05) is 30.8 Å². The van der Waals surface area contributed by atoms with Crippen molar-refractivity contribution in [3.63, 3.8) is 0 Å². The molecule has 3 heterocycles. The van der Waals surface area contributed by atoms with Crippen LogP contribution in [-0.4, -0.2) is 28.3 Å². The largest absolute Gasteiger partial charge is 1.00 e. The molecular formula is C20H26IN3S. The fourth-order valence-electron chi connectivity index (χ4n) is 3.95. The highest BCUT2D eigenvalue weighted by Gasteiger charge is 2.32. The van der Waals surface area contributed by atoms with Crippen molar-refractivity contribution in [2.45, 2.75) is 40.3 Å². The number of nitrogens with zero attached hydrogens (tertiary/aromatic N) is 3. The van der Waals surface area contributed by atoms with E-state index in [-0.39, 0.29) is 24.0 Å². The first-order valence-electron chi connectivity index (χ1n) is 9.04. The lowest BCUT2D eigenvalue weighted by Gasteiger charge is -2.15. The zero-order valence-electron chi connectivity index (χ0n) is 15.3. The molecule has 0 radical (unpaired) electrons. The van der Waals surface area contributed by atoms with Gasteiger partial charge in [-0.3, -0.25) is 0 Å². The smallest absolute Gasteiger partial charge is 0.285 e. The average Bonchev–Trinajstić information content (AvgIpc) is 3.26. The second-order valence-corrected chi connectivity index (χ2v) is 7.70. The molecule has 1 saturated heterocycles. The molecule has 1 aromatic carbocycles. The number of aryl methyl sites for hydroxylation is 3. The van der Waals surface area contributed by atoms with E-state index in [0.29, 0.717) is 0 Å². The highest BCUT2D eigenvalue weighted by molar-refractivity contribution is 8.03. The van der Waals surface area contributed by atoms with Crippen molar-refractivity contribution in [1.82, 2.24) is 9.47 Å². The maximum absolute atomic E-state index is 2.50. The van der Waals surface area contributed by atoms with Gasteiger partial charge in [-0.15, -0.1) is 11.8 Å². The Morgan fingerprint density at radius 1 is 1.20 bits per heavy atom. The molecule has 0 aliphatic carbocycles. The fraction of sp³-hybridized carbons (Fsp3) is 0.450. The summed E-state index contributed by atoms with van der Waals surface area (Å²) in [6.07, 6.45) is 5.85. The summed E-state index contributed by atoms with van der Waals surface area (Å²) in [5, 5.41) is 1.43. The molecule has 0 spiro atoms. The number of benzene rings is 1. The van der Waals surface area contributed by atoms with Crippen molar-refractivity contribution in [1.29, 1.82) is 0 Å². The summed E-state index contributed by atoms with van der Waals surface area (Å²) in [6.45, 7) is 11.1. The molecule has 5 heteroatoms. The van der Waals surface area contributed by atoms with E-state index in [9.17, 15) is 0 Å². The lowest BCUT2D eigenvalue weighted by molar-refractivity contribution is -0.670. The number of halogens is 1. The zero-order chi connectivity index (χ0) is 16.7. The number of aromatic nitrogens is 2. The molecule has 1 fully saturated rings. The molecule has 2 aliphatic rings. The standard InChI is InChI=1S/C20H26N3S.HI/c1-4-21-12-13-24-19(21)9-7-16-10-11-23-17-8-6-15(3)14-18(17)22(5-2)20(16)23;/h6-9,14H,4-5,10-13H2,1-3H3;1H/q+1;/p-1. The van der Waals surface area contributed by atoms with Crippen LogP contribution in [0.2, 0.25) is 0 Å². The Morgan fingerprint density at radius 2 is 2.04 bits per heavy atom. The van der Waals surface area contributed by atoms with Crippen LogP contribution in [0.3, 0.4) is 0 Å². The molecule has 0 bridgehead atoms. The van der Waals surface area contributed by atoms with Crippen LogP contribution in [0.25, 0.3) is 16.6 Å². The van der Waals surface area contributed by atoms with Crippen LogP contribution in [-0.2, 0) is 13.1 Å². The Kier molecular flexibility index (Phi) is 5.83. The first-order valence-corrected chi connectivity index (χ1v) is 10.0. The lowest BCUT2D eigenvalue weighted by atomic mass is 10.2. The van der Waals surface area contributed by atoms with Crippen LogP contribution >= 0.6 is 11.8 Å². The van der Waals surface area contributed by atoms with E-state index in [1.807, 2.05) is 11.8 Å². The number of fused-ring (bicyclic) bond motifs is 3. The highest BCUT2D eigenvalue weighted by Crippen LogP contribution is 2.32. The van der Waals surface area contributed by atoms with Gasteiger partial charge in [0.1, 0.15) is 0 Å². The lowest BCUT2D eigenvalue weighted by Crippen LogP contribution is -3.00. The van der Waals surface area contributed by atoms with Gasteiger partial charge in [0.05, 0.1) is 18.1 Å². The summed E-state index contributed by atoms with van der Waals surface area (Å²) in [7, 11) is 0. The molecule has 0 N–H and O–H groups in total. The summed E-state index contributed by atoms with van der Waals surface area (Å²) in [6, 6.07) is 6.84. The summed E-state index contributed by atoms with van der Waals surface area (Å²) in [5.74, 6) is 2.62. The van der Waals surface area contributed by atoms with Gasteiger partial charge in [0.2, 0.25) is 0 Å². The Balaban J connectivity index is 0.00000182. The molecule has 4 rings (SSSR count). The summed E-state index contributed by atoms with van der Waals surface area (Å²) in [4.78, 5) is 2.48. The third kappa shape index (κ3) is 3.25. The van der Waals surface area contributed by atoms with Crippen molar-refractivity contribution in [2.75, 3.05) is 18.8 Å². The minimum Gasteiger partial charge on any atom is -1.00 e. The van der Waals surface area contributed by atoms with Gasteiger partial charge in [0.25, 0.3) is 5.82 Å². The SMILES string of the molecule is CCN1CCSC1=CC=C1CCn2c1[n+](CC)c1cc(C)ccc12.[I-]. The Morgan fingerprint density at radius 3 is 2.80 bits per heavy atom. The maximum Gasteiger partial charge on any atom is 0.285 e. The summed E-state index contributed by atoms with van der Waals surface area (Å²) < 4.78 is 4.99.